The number of pyridine rings is 1. The first-order chi connectivity index (χ1) is 13.2. The zero-order chi connectivity index (χ0) is 18.6. The van der Waals surface area contributed by atoms with Crippen LogP contribution in [-0.4, -0.2) is 30.8 Å². The molecule has 3 heterocycles. The van der Waals surface area contributed by atoms with E-state index in [0.717, 1.165) is 36.2 Å². The molecule has 7 heteroatoms. The van der Waals surface area contributed by atoms with E-state index in [2.05, 4.69) is 30.2 Å². The van der Waals surface area contributed by atoms with Gasteiger partial charge in [0.1, 0.15) is 5.82 Å². The Balaban J connectivity index is 1.43. The van der Waals surface area contributed by atoms with Gasteiger partial charge < -0.3 is 5.32 Å². The van der Waals surface area contributed by atoms with Gasteiger partial charge in [0.05, 0.1) is 12.1 Å². The second-order valence-electron chi connectivity index (χ2n) is 6.58. The van der Waals surface area contributed by atoms with Crippen LogP contribution in [0.1, 0.15) is 46.0 Å². The molecular weight excluding hydrogens is 340 g/mol. The van der Waals surface area contributed by atoms with Crippen LogP contribution in [-0.2, 0) is 19.4 Å². The van der Waals surface area contributed by atoms with E-state index in [0.29, 0.717) is 17.2 Å². The van der Waals surface area contributed by atoms with Gasteiger partial charge in [-0.1, -0.05) is 0 Å². The van der Waals surface area contributed by atoms with Crippen molar-refractivity contribution in [3.63, 3.8) is 0 Å². The summed E-state index contributed by atoms with van der Waals surface area (Å²) in [5.74, 6) is 0.939. The van der Waals surface area contributed by atoms with Crippen molar-refractivity contribution in [2.75, 3.05) is 0 Å². The predicted molar refractivity (Wildman–Crippen MR) is 99.8 cm³/mol. The smallest absolute Gasteiger partial charge is 0.254 e. The summed E-state index contributed by atoms with van der Waals surface area (Å²) in [5, 5.41) is 2.85. The molecule has 0 spiro atoms. The molecule has 1 aliphatic rings. The van der Waals surface area contributed by atoms with Crippen LogP contribution in [0.4, 0.5) is 0 Å². The summed E-state index contributed by atoms with van der Waals surface area (Å²) in [5.41, 5.74) is 4.63. The van der Waals surface area contributed by atoms with Gasteiger partial charge in [0.2, 0.25) is 0 Å². The maximum atomic E-state index is 12.4. The maximum absolute atomic E-state index is 12.4. The molecule has 0 aromatic carbocycles. The third-order valence-corrected chi connectivity index (χ3v) is 4.68. The molecule has 0 saturated carbocycles. The van der Waals surface area contributed by atoms with Crippen molar-refractivity contribution in [2.45, 2.75) is 39.2 Å². The van der Waals surface area contributed by atoms with Crippen molar-refractivity contribution in [1.29, 1.82) is 0 Å². The van der Waals surface area contributed by atoms with Gasteiger partial charge in [0.25, 0.3) is 5.91 Å². The third-order valence-electron chi connectivity index (χ3n) is 4.68. The lowest BCUT2D eigenvalue weighted by Gasteiger charge is -2.17. The van der Waals surface area contributed by atoms with Crippen molar-refractivity contribution >= 4 is 5.91 Å². The summed E-state index contributed by atoms with van der Waals surface area (Å²) in [6, 6.07) is 3.69. The summed E-state index contributed by atoms with van der Waals surface area (Å²) in [7, 11) is 0. The number of fused-ring (bicyclic) bond motifs is 1. The topological polar surface area (TPSA) is 93.6 Å². The second kappa shape index (κ2) is 7.57. The molecule has 27 heavy (non-hydrogen) atoms. The van der Waals surface area contributed by atoms with Gasteiger partial charge in [-0.25, -0.2) is 19.9 Å². The fourth-order valence-electron chi connectivity index (χ4n) is 3.27. The van der Waals surface area contributed by atoms with Gasteiger partial charge >= 0.3 is 0 Å². The summed E-state index contributed by atoms with van der Waals surface area (Å²) in [4.78, 5) is 34.1. The highest BCUT2D eigenvalue weighted by atomic mass is 16.1. The number of amides is 1. The fraction of sp³-hybridized carbons (Fsp3) is 0.300. The Morgan fingerprint density at radius 2 is 1.93 bits per heavy atom. The lowest BCUT2D eigenvalue weighted by Crippen LogP contribution is -2.25. The number of aryl methyl sites for hydroxylation is 2. The van der Waals surface area contributed by atoms with Crippen molar-refractivity contribution in [2.24, 2.45) is 0 Å². The van der Waals surface area contributed by atoms with Crippen molar-refractivity contribution < 1.29 is 4.79 Å². The summed E-state index contributed by atoms with van der Waals surface area (Å²) < 4.78 is 0. The lowest BCUT2D eigenvalue weighted by molar-refractivity contribution is 0.0949. The van der Waals surface area contributed by atoms with Crippen molar-refractivity contribution in [1.82, 2.24) is 30.2 Å². The zero-order valence-corrected chi connectivity index (χ0v) is 15.1. The van der Waals surface area contributed by atoms with Crippen LogP contribution >= 0.6 is 0 Å². The minimum Gasteiger partial charge on any atom is -0.345 e. The molecule has 0 atom stereocenters. The zero-order valence-electron chi connectivity index (χ0n) is 15.1. The van der Waals surface area contributed by atoms with Gasteiger partial charge in [-0.15, -0.1) is 0 Å². The molecule has 1 amide bonds. The third kappa shape index (κ3) is 3.81. The van der Waals surface area contributed by atoms with Crippen LogP contribution in [0, 0.1) is 6.92 Å². The average Bonchev–Trinajstić information content (AvgIpc) is 2.73. The first-order valence-electron chi connectivity index (χ1n) is 9.06. The highest BCUT2D eigenvalue weighted by Gasteiger charge is 2.16. The molecule has 0 fully saturated rings. The van der Waals surface area contributed by atoms with E-state index in [1.807, 2.05) is 19.1 Å². The highest BCUT2D eigenvalue weighted by Crippen LogP contribution is 2.21. The molecule has 0 unspecified atom stereocenters. The Labute approximate surface area is 157 Å². The van der Waals surface area contributed by atoms with Gasteiger partial charge in [-0.2, -0.15) is 0 Å². The monoisotopic (exact) mass is 360 g/mol. The number of nitrogens with one attached hydrogen (secondary N) is 1. The van der Waals surface area contributed by atoms with E-state index in [1.54, 1.807) is 12.4 Å². The van der Waals surface area contributed by atoms with E-state index < -0.39 is 0 Å². The Bertz CT molecular complexity index is 956. The number of aromatic nitrogens is 5. The molecule has 0 bridgehead atoms. The molecule has 0 radical (unpaired) electrons. The Hall–Kier alpha value is -3.22. The van der Waals surface area contributed by atoms with Crippen molar-refractivity contribution in [3.05, 3.63) is 65.3 Å². The van der Waals surface area contributed by atoms with Gasteiger partial charge in [0.15, 0.2) is 5.82 Å². The predicted octanol–water partition coefficient (Wildman–Crippen LogP) is 2.45. The molecule has 136 valence electrons. The van der Waals surface area contributed by atoms with Crippen LogP contribution in [0.3, 0.4) is 0 Å². The second-order valence-corrected chi connectivity index (χ2v) is 6.58. The van der Waals surface area contributed by atoms with Gasteiger partial charge in [-0.05, 0) is 50.3 Å². The quantitative estimate of drug-likeness (QED) is 0.768. The van der Waals surface area contributed by atoms with Crippen LogP contribution in [0.25, 0.3) is 11.4 Å². The molecule has 0 aliphatic heterocycles. The Kier molecular flexibility index (Phi) is 4.82. The average molecular weight is 360 g/mol. The molecule has 1 N–H and O–H groups in total. The first kappa shape index (κ1) is 17.2. The molecule has 4 rings (SSSR count). The van der Waals surface area contributed by atoms with Crippen LogP contribution < -0.4 is 5.32 Å². The van der Waals surface area contributed by atoms with E-state index in [9.17, 15) is 4.79 Å². The van der Waals surface area contributed by atoms with Crippen LogP contribution in [0.2, 0.25) is 0 Å². The summed E-state index contributed by atoms with van der Waals surface area (Å²) in [6.45, 7) is 2.31. The molecule has 0 saturated heterocycles. The SMILES string of the molecule is Cc1nc(CNC(=O)c2cnc(-c3cccnc3)nc2)nc2c1CCCC2. The minimum atomic E-state index is -0.244. The van der Waals surface area contributed by atoms with Crippen LogP contribution in [0.5, 0.6) is 0 Å². The molecule has 3 aromatic rings. The van der Waals surface area contributed by atoms with Gasteiger partial charge in [0, 0.05) is 41.7 Å². The normalized spacial score (nSPS) is 13.1. The molecule has 7 nitrogen and oxygen atoms in total. The largest absolute Gasteiger partial charge is 0.345 e. The van der Waals surface area contributed by atoms with E-state index in [1.165, 1.54) is 24.4 Å². The van der Waals surface area contributed by atoms with Crippen LogP contribution in [0.15, 0.2) is 36.9 Å². The maximum Gasteiger partial charge on any atom is 0.254 e. The number of nitrogens with zero attached hydrogens (tertiary/aromatic N) is 5. The standard InChI is InChI=1S/C20H20N6O/c1-13-16-6-2-3-7-17(16)26-18(25-13)12-24-20(27)15-10-22-19(23-11-15)14-5-4-8-21-9-14/h4-5,8-11H,2-3,6-7,12H2,1H3,(H,24,27). The fourth-order valence-corrected chi connectivity index (χ4v) is 3.27. The van der Waals surface area contributed by atoms with Crippen molar-refractivity contribution in [3.8, 4) is 11.4 Å². The van der Waals surface area contributed by atoms with E-state index in [-0.39, 0.29) is 12.5 Å². The highest BCUT2D eigenvalue weighted by molar-refractivity contribution is 5.93. The summed E-state index contributed by atoms with van der Waals surface area (Å²) >= 11 is 0. The number of hydrogen-bond donors (Lipinski definition) is 1. The number of hydrogen-bond acceptors (Lipinski definition) is 6. The van der Waals surface area contributed by atoms with E-state index in [4.69, 9.17) is 0 Å². The summed E-state index contributed by atoms with van der Waals surface area (Å²) in [6.07, 6.45) is 10.8. The Morgan fingerprint density at radius 3 is 2.70 bits per heavy atom. The van der Waals surface area contributed by atoms with E-state index >= 15 is 0 Å². The van der Waals surface area contributed by atoms with Gasteiger partial charge in [-0.3, -0.25) is 9.78 Å². The molecule has 3 aromatic heterocycles. The number of carbonyl (C=O) groups excluding carboxylic acids is 1. The minimum absolute atomic E-state index is 0.244. The molecular formula is C20H20N6O. The first-order valence-corrected chi connectivity index (χ1v) is 9.06. The lowest BCUT2D eigenvalue weighted by atomic mass is 9.95. The molecule has 1 aliphatic carbocycles. The number of carbonyl (C=O) groups is 1. The Morgan fingerprint density at radius 1 is 1.11 bits per heavy atom. The number of rotatable bonds is 4.